The fourth-order valence-corrected chi connectivity index (χ4v) is 0.824. The molecular formula is C9H16N2O4. The standard InChI is InChI=1S/C9H16N2O4/c1-4-15-9(14)6-11(3)8(13)5-10-7(2)12/h4-6H2,1-3H3,(H,10,12). The maximum absolute atomic E-state index is 11.3. The number of carbonyl (C=O) groups excluding carboxylic acids is 3. The van der Waals surface area contributed by atoms with Crippen LogP contribution in [-0.4, -0.2) is 49.4 Å². The van der Waals surface area contributed by atoms with Gasteiger partial charge in [-0.15, -0.1) is 0 Å². The van der Waals surface area contributed by atoms with Gasteiger partial charge in [-0.2, -0.15) is 0 Å². The number of nitrogens with zero attached hydrogens (tertiary/aromatic N) is 1. The lowest BCUT2D eigenvalue weighted by Crippen LogP contribution is -2.40. The van der Waals surface area contributed by atoms with Gasteiger partial charge in [0.1, 0.15) is 6.54 Å². The first-order valence-electron chi connectivity index (χ1n) is 4.61. The molecule has 6 nitrogen and oxygen atoms in total. The molecule has 0 aliphatic heterocycles. The minimum Gasteiger partial charge on any atom is -0.465 e. The lowest BCUT2D eigenvalue weighted by Gasteiger charge is -2.15. The van der Waals surface area contributed by atoms with Gasteiger partial charge in [-0.25, -0.2) is 0 Å². The second kappa shape index (κ2) is 6.80. The zero-order valence-electron chi connectivity index (χ0n) is 9.20. The Labute approximate surface area is 88.6 Å². The van der Waals surface area contributed by atoms with Crippen LogP contribution in [0.2, 0.25) is 0 Å². The molecule has 0 aliphatic rings. The van der Waals surface area contributed by atoms with Crippen LogP contribution in [0.1, 0.15) is 13.8 Å². The van der Waals surface area contributed by atoms with Crippen LogP contribution in [0.3, 0.4) is 0 Å². The van der Waals surface area contributed by atoms with Crippen molar-refractivity contribution in [1.29, 1.82) is 0 Å². The number of hydrogen-bond acceptors (Lipinski definition) is 4. The Morgan fingerprint density at radius 3 is 2.40 bits per heavy atom. The first-order chi connectivity index (χ1) is 6.97. The van der Waals surface area contributed by atoms with Crippen molar-refractivity contribution in [3.8, 4) is 0 Å². The summed E-state index contributed by atoms with van der Waals surface area (Å²) in [6.07, 6.45) is 0. The highest BCUT2D eigenvalue weighted by Crippen LogP contribution is 1.87. The molecule has 15 heavy (non-hydrogen) atoms. The van der Waals surface area contributed by atoms with Crippen molar-refractivity contribution in [3.05, 3.63) is 0 Å². The Morgan fingerprint density at radius 1 is 1.33 bits per heavy atom. The Kier molecular flexibility index (Phi) is 6.08. The van der Waals surface area contributed by atoms with E-state index in [4.69, 9.17) is 0 Å². The average Bonchev–Trinajstić information content (AvgIpc) is 2.14. The van der Waals surface area contributed by atoms with E-state index >= 15 is 0 Å². The highest BCUT2D eigenvalue weighted by molar-refractivity contribution is 5.86. The minimum atomic E-state index is -0.462. The molecular weight excluding hydrogens is 200 g/mol. The van der Waals surface area contributed by atoms with E-state index in [-0.39, 0.29) is 31.5 Å². The fourth-order valence-electron chi connectivity index (χ4n) is 0.824. The molecule has 0 saturated carbocycles. The Hall–Kier alpha value is -1.59. The summed E-state index contributed by atoms with van der Waals surface area (Å²) < 4.78 is 4.67. The number of ether oxygens (including phenoxy) is 1. The summed E-state index contributed by atoms with van der Waals surface area (Å²) in [5.74, 6) is -1.08. The summed E-state index contributed by atoms with van der Waals surface area (Å²) in [4.78, 5) is 34.0. The highest BCUT2D eigenvalue weighted by atomic mass is 16.5. The summed E-state index contributed by atoms with van der Waals surface area (Å²) in [6.45, 7) is 3.08. The molecule has 0 bridgehead atoms. The van der Waals surface area contributed by atoms with Crippen LogP contribution in [0, 0.1) is 0 Å². The van der Waals surface area contributed by atoms with Crippen molar-refractivity contribution in [2.45, 2.75) is 13.8 Å². The first kappa shape index (κ1) is 13.4. The Balaban J connectivity index is 3.88. The third-order valence-corrected chi connectivity index (χ3v) is 1.59. The molecule has 0 rings (SSSR count). The predicted octanol–water partition coefficient (Wildman–Crippen LogP) is -0.856. The SMILES string of the molecule is CCOC(=O)CN(C)C(=O)CNC(C)=O. The lowest BCUT2D eigenvalue weighted by molar-refractivity contribution is -0.147. The number of nitrogens with one attached hydrogen (secondary N) is 1. The summed E-state index contributed by atoms with van der Waals surface area (Å²) in [5, 5.41) is 2.35. The number of esters is 1. The number of amides is 2. The summed E-state index contributed by atoms with van der Waals surface area (Å²) in [7, 11) is 1.47. The molecule has 0 radical (unpaired) electrons. The molecule has 0 saturated heterocycles. The van der Waals surface area contributed by atoms with Crippen LogP contribution in [0.25, 0.3) is 0 Å². The van der Waals surface area contributed by atoms with E-state index < -0.39 is 5.97 Å². The quantitative estimate of drug-likeness (QED) is 0.607. The van der Waals surface area contributed by atoms with Gasteiger partial charge in [-0.05, 0) is 6.92 Å². The molecule has 0 aliphatic carbocycles. The molecule has 0 spiro atoms. The highest BCUT2D eigenvalue weighted by Gasteiger charge is 2.13. The normalized spacial score (nSPS) is 9.27. The number of carbonyl (C=O) groups is 3. The zero-order valence-corrected chi connectivity index (χ0v) is 9.20. The molecule has 0 aromatic carbocycles. The maximum Gasteiger partial charge on any atom is 0.325 e. The van der Waals surface area contributed by atoms with Crippen molar-refractivity contribution >= 4 is 17.8 Å². The smallest absolute Gasteiger partial charge is 0.325 e. The van der Waals surface area contributed by atoms with Gasteiger partial charge in [-0.3, -0.25) is 14.4 Å². The Morgan fingerprint density at radius 2 is 1.93 bits per heavy atom. The second-order valence-corrected chi connectivity index (χ2v) is 2.96. The van der Waals surface area contributed by atoms with E-state index in [0.717, 1.165) is 0 Å². The topological polar surface area (TPSA) is 75.7 Å². The van der Waals surface area contributed by atoms with Gasteiger partial charge in [0.25, 0.3) is 0 Å². The molecule has 0 aromatic heterocycles. The van der Waals surface area contributed by atoms with Crippen molar-refractivity contribution in [1.82, 2.24) is 10.2 Å². The number of likely N-dealkylation sites (N-methyl/N-ethyl adjacent to an activating group) is 1. The second-order valence-electron chi connectivity index (χ2n) is 2.96. The largest absolute Gasteiger partial charge is 0.465 e. The minimum absolute atomic E-state index is 0.105. The molecule has 2 amide bonds. The van der Waals surface area contributed by atoms with Crippen molar-refractivity contribution < 1.29 is 19.1 Å². The summed E-state index contributed by atoms with van der Waals surface area (Å²) in [5.41, 5.74) is 0. The average molecular weight is 216 g/mol. The van der Waals surface area contributed by atoms with E-state index in [9.17, 15) is 14.4 Å². The van der Waals surface area contributed by atoms with Crippen molar-refractivity contribution in [2.75, 3.05) is 26.7 Å². The van der Waals surface area contributed by atoms with Gasteiger partial charge in [0.15, 0.2) is 0 Å². The van der Waals surface area contributed by atoms with Crippen molar-refractivity contribution in [3.63, 3.8) is 0 Å². The maximum atomic E-state index is 11.3. The van der Waals surface area contributed by atoms with E-state index in [1.807, 2.05) is 0 Å². The monoisotopic (exact) mass is 216 g/mol. The van der Waals surface area contributed by atoms with Crippen LogP contribution < -0.4 is 5.32 Å². The van der Waals surface area contributed by atoms with E-state index in [1.54, 1.807) is 6.92 Å². The lowest BCUT2D eigenvalue weighted by atomic mass is 10.4. The predicted molar refractivity (Wildman–Crippen MR) is 53.0 cm³/mol. The van der Waals surface area contributed by atoms with Gasteiger partial charge < -0.3 is 15.0 Å². The van der Waals surface area contributed by atoms with Gasteiger partial charge >= 0.3 is 5.97 Å². The number of hydrogen-bond donors (Lipinski definition) is 1. The molecule has 0 aromatic rings. The van der Waals surface area contributed by atoms with Crippen LogP contribution in [0.4, 0.5) is 0 Å². The van der Waals surface area contributed by atoms with Gasteiger partial charge in [-0.1, -0.05) is 0 Å². The Bertz CT molecular complexity index is 252. The van der Waals surface area contributed by atoms with Crippen LogP contribution in [-0.2, 0) is 19.1 Å². The molecule has 86 valence electrons. The molecule has 0 atom stereocenters. The van der Waals surface area contributed by atoms with Crippen LogP contribution in [0.15, 0.2) is 0 Å². The molecule has 6 heteroatoms. The summed E-state index contributed by atoms with van der Waals surface area (Å²) >= 11 is 0. The van der Waals surface area contributed by atoms with E-state index in [2.05, 4.69) is 10.1 Å². The molecule has 0 unspecified atom stereocenters. The zero-order chi connectivity index (χ0) is 11.8. The van der Waals surface area contributed by atoms with E-state index in [0.29, 0.717) is 0 Å². The molecule has 0 heterocycles. The third kappa shape index (κ3) is 6.48. The van der Waals surface area contributed by atoms with E-state index in [1.165, 1.54) is 18.9 Å². The van der Waals surface area contributed by atoms with Crippen molar-refractivity contribution in [2.24, 2.45) is 0 Å². The van der Waals surface area contributed by atoms with Gasteiger partial charge in [0, 0.05) is 14.0 Å². The third-order valence-electron chi connectivity index (χ3n) is 1.59. The first-order valence-corrected chi connectivity index (χ1v) is 4.61. The molecule has 1 N–H and O–H groups in total. The van der Waals surface area contributed by atoms with Gasteiger partial charge in [0.2, 0.25) is 11.8 Å². The van der Waals surface area contributed by atoms with Gasteiger partial charge in [0.05, 0.1) is 13.2 Å². The van der Waals surface area contributed by atoms with Crippen LogP contribution in [0.5, 0.6) is 0 Å². The van der Waals surface area contributed by atoms with Crippen LogP contribution >= 0.6 is 0 Å². The summed E-state index contributed by atoms with van der Waals surface area (Å²) in [6, 6.07) is 0. The fraction of sp³-hybridized carbons (Fsp3) is 0.667. The molecule has 0 fully saturated rings. The number of rotatable bonds is 5.